The normalized spacial score (nSPS) is 25.5. The van der Waals surface area contributed by atoms with Gasteiger partial charge >= 0.3 is 7.12 Å². The summed E-state index contributed by atoms with van der Waals surface area (Å²) in [5.41, 5.74) is 27.6. The van der Waals surface area contributed by atoms with Crippen molar-refractivity contribution >= 4 is 36.5 Å². The molecule has 2 aromatic rings. The number of rotatable bonds is 21. The predicted molar refractivity (Wildman–Crippen MR) is 234 cm³/mol. The van der Waals surface area contributed by atoms with E-state index in [1.54, 1.807) is 12.1 Å². The van der Waals surface area contributed by atoms with Crippen molar-refractivity contribution in [3.8, 4) is 11.1 Å². The number of unbranched alkanes of at least 4 members (excludes halogenated alkanes) is 2. The van der Waals surface area contributed by atoms with E-state index in [0.717, 1.165) is 43.2 Å². The van der Waals surface area contributed by atoms with E-state index in [0.29, 0.717) is 49.8 Å². The monoisotopic (exact) mass is 843 g/mol. The number of amides is 4. The van der Waals surface area contributed by atoms with Gasteiger partial charge in [-0.05, 0) is 112 Å². The molecule has 2 bridgehead atoms. The van der Waals surface area contributed by atoms with Crippen molar-refractivity contribution in [2.24, 2.45) is 46.1 Å². The van der Waals surface area contributed by atoms with Gasteiger partial charge in [0.15, 0.2) is 11.9 Å². The second kappa shape index (κ2) is 19.9. The van der Waals surface area contributed by atoms with Gasteiger partial charge in [0, 0.05) is 24.4 Å². The molecule has 0 aromatic heterocycles. The summed E-state index contributed by atoms with van der Waals surface area (Å²) < 4.78 is 12.7. The van der Waals surface area contributed by atoms with Crippen molar-refractivity contribution < 1.29 is 33.3 Å². The molecule has 0 spiro atoms. The summed E-state index contributed by atoms with van der Waals surface area (Å²) in [6.07, 6.45) is 5.56. The lowest BCUT2D eigenvalue weighted by Gasteiger charge is -2.64. The number of hydrogen-bond acceptors (Lipinski definition) is 11. The third kappa shape index (κ3) is 10.2. The fourth-order valence-electron chi connectivity index (χ4n) is 9.83. The first-order valence-corrected chi connectivity index (χ1v) is 22.3. The largest absolute Gasteiger partial charge is 0.497 e. The fraction of sp³-hybridized carbons (Fsp3) is 0.622. The highest BCUT2D eigenvalue weighted by molar-refractivity contribution is 6.47. The fourth-order valence-corrected chi connectivity index (χ4v) is 9.83. The SMILES string of the molecule is CCCCc1ccc(-c2ccc(C(=O)C[C@@H](CCN)C(=O)N3CCC3C(=O)N[C@@H](N)C(=O)N[C@@H](CCCCN)C(=O)N[C@@H](N)B3OC4C[C@@H]5C[C@@H](C5(C)C)[C@]4(C)O3)cc2)cc1. The van der Waals surface area contributed by atoms with Crippen LogP contribution in [-0.2, 0) is 34.9 Å². The van der Waals surface area contributed by atoms with E-state index in [1.807, 2.05) is 12.1 Å². The van der Waals surface area contributed by atoms with Crippen molar-refractivity contribution in [2.45, 2.75) is 134 Å². The van der Waals surface area contributed by atoms with Gasteiger partial charge < -0.3 is 53.1 Å². The van der Waals surface area contributed by atoms with Crippen LogP contribution < -0.4 is 38.9 Å². The van der Waals surface area contributed by atoms with Gasteiger partial charge in [0.25, 0.3) is 5.91 Å². The van der Waals surface area contributed by atoms with Crippen LogP contribution in [0.5, 0.6) is 0 Å². The second-order valence-corrected chi connectivity index (χ2v) is 18.3. The highest BCUT2D eigenvalue weighted by atomic mass is 16.7. The molecule has 61 heavy (non-hydrogen) atoms. The zero-order chi connectivity index (χ0) is 44.1. The first kappa shape index (κ1) is 46.3. The molecule has 2 saturated heterocycles. The second-order valence-electron chi connectivity index (χ2n) is 18.3. The van der Waals surface area contributed by atoms with Crippen LogP contribution in [0, 0.1) is 23.2 Å². The molecule has 0 radical (unpaired) electrons. The minimum atomic E-state index is -1.52. The third-order valence-corrected chi connectivity index (χ3v) is 13.9. The molecule has 7 rings (SSSR count). The molecule has 2 aromatic carbocycles. The Morgan fingerprint density at radius 1 is 0.852 bits per heavy atom. The number of carbonyl (C=O) groups is 5. The van der Waals surface area contributed by atoms with Crippen molar-refractivity contribution in [1.29, 1.82) is 0 Å². The molecule has 332 valence electrons. The van der Waals surface area contributed by atoms with Gasteiger partial charge in [-0.1, -0.05) is 75.7 Å². The predicted octanol–water partition coefficient (Wildman–Crippen LogP) is 2.52. The van der Waals surface area contributed by atoms with Crippen LogP contribution in [0.2, 0.25) is 0 Å². The molecule has 5 fully saturated rings. The molecule has 3 aliphatic carbocycles. The zero-order valence-electron chi connectivity index (χ0n) is 36.3. The quantitative estimate of drug-likeness (QED) is 0.0417. The average Bonchev–Trinajstić information content (AvgIpc) is 3.59. The summed E-state index contributed by atoms with van der Waals surface area (Å²) in [6, 6.07) is 12.9. The van der Waals surface area contributed by atoms with Gasteiger partial charge in [-0.2, -0.15) is 0 Å². The summed E-state index contributed by atoms with van der Waals surface area (Å²) in [5.74, 6) is -2.38. The molecule has 3 saturated carbocycles. The molecule has 2 unspecified atom stereocenters. The van der Waals surface area contributed by atoms with Crippen molar-refractivity contribution in [3.05, 3.63) is 59.7 Å². The van der Waals surface area contributed by atoms with E-state index in [-0.39, 0.29) is 49.0 Å². The third-order valence-electron chi connectivity index (χ3n) is 13.9. The Bertz CT molecular complexity index is 1880. The van der Waals surface area contributed by atoms with Crippen molar-refractivity contribution in [2.75, 3.05) is 19.6 Å². The first-order chi connectivity index (χ1) is 29.1. The molecule has 4 amide bonds. The summed E-state index contributed by atoms with van der Waals surface area (Å²) in [5, 5.41) is 7.93. The number of nitrogens with zero attached hydrogens (tertiary/aromatic N) is 1. The lowest BCUT2D eigenvalue weighted by Crippen LogP contribution is -2.65. The Kier molecular flexibility index (Phi) is 15.1. The Balaban J connectivity index is 1.000. The molecule has 5 aliphatic rings. The van der Waals surface area contributed by atoms with Crippen molar-refractivity contribution in [3.63, 3.8) is 0 Å². The number of ketones is 1. The smallest absolute Gasteiger partial charge is 0.403 e. The molecule has 2 aliphatic heterocycles. The topological polar surface area (TPSA) is 247 Å². The number of nitrogens with two attached hydrogens (primary N) is 4. The number of carbonyl (C=O) groups excluding carboxylic acids is 5. The number of aryl methyl sites for hydroxylation is 1. The minimum Gasteiger partial charge on any atom is -0.403 e. The van der Waals surface area contributed by atoms with E-state index in [1.165, 1.54) is 10.5 Å². The van der Waals surface area contributed by atoms with Gasteiger partial charge in [-0.15, -0.1) is 0 Å². The van der Waals surface area contributed by atoms with E-state index in [4.69, 9.17) is 32.2 Å². The lowest BCUT2D eigenvalue weighted by molar-refractivity contribution is -0.199. The van der Waals surface area contributed by atoms with Crippen LogP contribution in [0.4, 0.5) is 0 Å². The van der Waals surface area contributed by atoms with Gasteiger partial charge in [0.2, 0.25) is 17.7 Å². The molecular weight excluding hydrogens is 775 g/mol. The Morgan fingerprint density at radius 3 is 2.15 bits per heavy atom. The van der Waals surface area contributed by atoms with E-state index in [2.05, 4.69) is 67.9 Å². The van der Waals surface area contributed by atoms with Crippen LogP contribution >= 0.6 is 0 Å². The summed E-state index contributed by atoms with van der Waals surface area (Å²) in [7, 11) is -0.859. The molecule has 9 atom stereocenters. The van der Waals surface area contributed by atoms with Gasteiger partial charge in [-0.3, -0.25) is 24.0 Å². The average molecular weight is 843 g/mol. The highest BCUT2D eigenvalue weighted by Gasteiger charge is 2.68. The minimum absolute atomic E-state index is 0.0659. The van der Waals surface area contributed by atoms with Gasteiger partial charge in [0.05, 0.1) is 11.7 Å². The number of likely N-dealkylation sites (tertiary alicyclic amines) is 1. The summed E-state index contributed by atoms with van der Waals surface area (Å²) in [4.78, 5) is 69.0. The van der Waals surface area contributed by atoms with Gasteiger partial charge in [-0.25, -0.2) is 0 Å². The maximum absolute atomic E-state index is 13.8. The Morgan fingerprint density at radius 2 is 1.54 bits per heavy atom. The van der Waals surface area contributed by atoms with Crippen LogP contribution in [0.3, 0.4) is 0 Å². The number of benzene rings is 2. The molecule has 11 N–H and O–H groups in total. The van der Waals surface area contributed by atoms with Crippen LogP contribution in [-0.4, -0.2) is 97.1 Å². The molecule has 15 nitrogen and oxygen atoms in total. The number of nitrogens with one attached hydrogen (secondary N) is 3. The lowest BCUT2D eigenvalue weighted by atomic mass is 9.43. The molecular formula is C45H67BN8O7. The first-order valence-electron chi connectivity index (χ1n) is 22.3. The number of Topliss-reactive ketones (excluding diaryl/α,β-unsaturated/α-hetero) is 1. The van der Waals surface area contributed by atoms with E-state index >= 15 is 0 Å². The molecule has 16 heteroatoms. The van der Waals surface area contributed by atoms with Gasteiger partial charge in [0.1, 0.15) is 18.1 Å². The van der Waals surface area contributed by atoms with Crippen LogP contribution in [0.1, 0.15) is 108 Å². The van der Waals surface area contributed by atoms with E-state index < -0.39 is 60.7 Å². The highest BCUT2D eigenvalue weighted by Crippen LogP contribution is 2.65. The maximum atomic E-state index is 13.8. The standard InChI is InChI=1S/C45H67BN8O7/c1-5-6-9-27-11-13-28(14-12-27)29-15-17-30(18-16-29)35(55)24-31(19-22-48)42(59)54-23-20-34(54)40(57)52-38(49)41(58)51-33(10-7-8-21-47)39(56)53-43(50)46-60-37-26-32-25-36(44(32,2)3)45(37,4)61-46/h11-18,31-34,36-38,43H,5-10,19-26,47-50H2,1-4H3,(H,51,58)(H,52,57)(H,53,56)/t31-,32+,33+,34?,36+,37?,38-,43-,45+/m1/s1. The van der Waals surface area contributed by atoms with E-state index in [9.17, 15) is 24.0 Å². The zero-order valence-corrected chi connectivity index (χ0v) is 36.3. The Hall–Kier alpha value is -4.19. The number of hydrogen-bond donors (Lipinski definition) is 7. The molecule has 2 heterocycles. The van der Waals surface area contributed by atoms with Crippen LogP contribution in [0.25, 0.3) is 11.1 Å². The Labute approximate surface area is 360 Å². The summed E-state index contributed by atoms with van der Waals surface area (Å²) >= 11 is 0. The summed E-state index contributed by atoms with van der Waals surface area (Å²) in [6.45, 7) is 9.63. The van der Waals surface area contributed by atoms with Crippen molar-refractivity contribution in [1.82, 2.24) is 20.9 Å². The maximum Gasteiger partial charge on any atom is 0.497 e. The van der Waals surface area contributed by atoms with Crippen LogP contribution in [0.15, 0.2) is 48.5 Å².